The van der Waals surface area contributed by atoms with Crippen LogP contribution < -0.4 is 9.47 Å². The molecular formula is C15H12N4O2S. The van der Waals surface area contributed by atoms with Crippen LogP contribution in [0.2, 0.25) is 0 Å². The molecule has 3 aromatic rings. The van der Waals surface area contributed by atoms with Crippen molar-refractivity contribution >= 4 is 11.3 Å². The van der Waals surface area contributed by atoms with Crippen molar-refractivity contribution in [1.82, 2.24) is 15.0 Å². The maximum absolute atomic E-state index is 9.29. The molecule has 0 saturated carbocycles. The zero-order valence-electron chi connectivity index (χ0n) is 12.0. The van der Waals surface area contributed by atoms with Gasteiger partial charge in [0.25, 0.3) is 0 Å². The third-order valence-electron chi connectivity index (χ3n) is 3.14. The van der Waals surface area contributed by atoms with E-state index in [1.54, 1.807) is 37.1 Å². The van der Waals surface area contributed by atoms with Crippen LogP contribution in [0.25, 0.3) is 16.3 Å². The lowest BCUT2D eigenvalue weighted by Crippen LogP contribution is -2.02. The second-order valence-corrected chi connectivity index (χ2v) is 5.27. The molecule has 110 valence electrons. The van der Waals surface area contributed by atoms with Gasteiger partial charge in [0.1, 0.15) is 28.9 Å². The molecule has 0 bridgehead atoms. The highest BCUT2D eigenvalue weighted by molar-refractivity contribution is 7.13. The van der Waals surface area contributed by atoms with Crippen LogP contribution >= 0.6 is 11.3 Å². The molecular weight excluding hydrogens is 300 g/mol. The quantitative estimate of drug-likeness (QED) is 0.740. The van der Waals surface area contributed by atoms with Crippen LogP contribution in [0.4, 0.5) is 0 Å². The Hall–Kier alpha value is -2.85. The number of thiophene rings is 1. The lowest BCUT2D eigenvalue weighted by molar-refractivity contribution is 0.400. The van der Waals surface area contributed by atoms with E-state index in [0.29, 0.717) is 22.9 Å². The summed E-state index contributed by atoms with van der Waals surface area (Å²) in [5.41, 5.74) is 1.58. The number of nitrogens with zero attached hydrogens (tertiary/aromatic N) is 4. The van der Waals surface area contributed by atoms with Gasteiger partial charge >= 0.3 is 0 Å². The van der Waals surface area contributed by atoms with Crippen LogP contribution in [0.1, 0.15) is 5.69 Å². The summed E-state index contributed by atoms with van der Waals surface area (Å²) in [6, 6.07) is 11.3. The van der Waals surface area contributed by atoms with Crippen molar-refractivity contribution in [3.05, 3.63) is 41.4 Å². The Morgan fingerprint density at radius 2 is 2.09 bits per heavy atom. The fraction of sp³-hybridized carbons (Fsp3) is 0.133. The highest BCUT2D eigenvalue weighted by Crippen LogP contribution is 2.33. The van der Waals surface area contributed by atoms with Crippen molar-refractivity contribution in [1.29, 1.82) is 5.26 Å². The minimum absolute atomic E-state index is 0.271. The number of rotatable bonds is 4. The fourth-order valence-electron chi connectivity index (χ4n) is 2.12. The Balaban J connectivity index is 2.26. The Bertz CT molecular complexity index is 834. The highest BCUT2D eigenvalue weighted by Gasteiger charge is 2.19. The Morgan fingerprint density at radius 3 is 2.73 bits per heavy atom. The molecule has 0 amide bonds. The van der Waals surface area contributed by atoms with Crippen LogP contribution in [0.15, 0.2) is 35.7 Å². The van der Waals surface area contributed by atoms with E-state index in [1.807, 2.05) is 17.5 Å². The molecule has 0 spiro atoms. The molecule has 3 rings (SSSR count). The zero-order chi connectivity index (χ0) is 15.5. The van der Waals surface area contributed by atoms with Gasteiger partial charge in [0, 0.05) is 6.07 Å². The van der Waals surface area contributed by atoms with E-state index in [0.717, 1.165) is 4.88 Å². The first-order valence-electron chi connectivity index (χ1n) is 6.40. The third kappa shape index (κ3) is 2.29. The predicted molar refractivity (Wildman–Crippen MR) is 82.5 cm³/mol. The molecule has 6 nitrogen and oxygen atoms in total. The average Bonchev–Trinajstić information content (AvgIpc) is 3.22. The first-order valence-corrected chi connectivity index (χ1v) is 7.28. The van der Waals surface area contributed by atoms with Crippen LogP contribution in [0, 0.1) is 11.3 Å². The van der Waals surface area contributed by atoms with Gasteiger partial charge in [0.2, 0.25) is 0 Å². The lowest BCUT2D eigenvalue weighted by Gasteiger charge is -2.11. The fourth-order valence-corrected chi connectivity index (χ4v) is 2.88. The molecule has 0 aliphatic carbocycles. The molecule has 1 aromatic carbocycles. The van der Waals surface area contributed by atoms with E-state index in [1.165, 1.54) is 11.3 Å². The van der Waals surface area contributed by atoms with E-state index in [-0.39, 0.29) is 5.69 Å². The summed E-state index contributed by atoms with van der Waals surface area (Å²) in [6.07, 6.45) is 0. The molecule has 0 N–H and O–H groups in total. The second-order valence-electron chi connectivity index (χ2n) is 4.33. The first-order chi connectivity index (χ1) is 10.8. The van der Waals surface area contributed by atoms with E-state index < -0.39 is 0 Å². The maximum Gasteiger partial charge on any atom is 0.191 e. The SMILES string of the molecule is COc1ccc(OC)c(-n2nnc(C#N)c2-c2cccs2)c1. The molecule has 0 aliphatic rings. The van der Waals surface area contributed by atoms with E-state index in [9.17, 15) is 5.26 Å². The summed E-state index contributed by atoms with van der Waals surface area (Å²) < 4.78 is 12.3. The van der Waals surface area contributed by atoms with Gasteiger partial charge in [-0.25, -0.2) is 4.68 Å². The molecule has 0 atom stereocenters. The van der Waals surface area contributed by atoms with Crippen molar-refractivity contribution in [2.24, 2.45) is 0 Å². The van der Waals surface area contributed by atoms with Gasteiger partial charge < -0.3 is 9.47 Å². The van der Waals surface area contributed by atoms with Gasteiger partial charge in [-0.15, -0.1) is 16.4 Å². The van der Waals surface area contributed by atoms with Crippen LogP contribution in [0.3, 0.4) is 0 Å². The summed E-state index contributed by atoms with van der Waals surface area (Å²) >= 11 is 1.52. The first kappa shape index (κ1) is 14.1. The lowest BCUT2D eigenvalue weighted by atomic mass is 10.2. The summed E-state index contributed by atoms with van der Waals surface area (Å²) in [5, 5.41) is 19.3. The molecule has 0 unspecified atom stereocenters. The number of methoxy groups -OCH3 is 2. The number of hydrogen-bond donors (Lipinski definition) is 0. The summed E-state index contributed by atoms with van der Waals surface area (Å²) in [6.45, 7) is 0. The van der Waals surface area contributed by atoms with Crippen molar-refractivity contribution in [2.45, 2.75) is 0 Å². The molecule has 0 radical (unpaired) electrons. The normalized spacial score (nSPS) is 10.2. The van der Waals surface area contributed by atoms with Gasteiger partial charge in [-0.1, -0.05) is 11.3 Å². The highest BCUT2D eigenvalue weighted by atomic mass is 32.1. The van der Waals surface area contributed by atoms with E-state index in [2.05, 4.69) is 16.4 Å². The topological polar surface area (TPSA) is 73.0 Å². The predicted octanol–water partition coefficient (Wildman–Crippen LogP) is 2.88. The molecule has 22 heavy (non-hydrogen) atoms. The van der Waals surface area contributed by atoms with Gasteiger partial charge in [-0.05, 0) is 23.6 Å². The molecule has 0 saturated heterocycles. The largest absolute Gasteiger partial charge is 0.497 e. The molecule has 2 aromatic heterocycles. The monoisotopic (exact) mass is 312 g/mol. The second kappa shape index (κ2) is 5.87. The summed E-state index contributed by atoms with van der Waals surface area (Å²) in [5.74, 6) is 1.29. The smallest absolute Gasteiger partial charge is 0.191 e. The van der Waals surface area contributed by atoms with Crippen LogP contribution in [-0.2, 0) is 0 Å². The minimum Gasteiger partial charge on any atom is -0.497 e. The Kier molecular flexibility index (Phi) is 3.76. The number of hydrogen-bond acceptors (Lipinski definition) is 6. The number of nitriles is 1. The van der Waals surface area contributed by atoms with Gasteiger partial charge in [-0.2, -0.15) is 5.26 Å². The number of ether oxygens (including phenoxy) is 2. The van der Waals surface area contributed by atoms with Crippen molar-refractivity contribution in [3.8, 4) is 33.8 Å². The van der Waals surface area contributed by atoms with Crippen molar-refractivity contribution in [3.63, 3.8) is 0 Å². The van der Waals surface area contributed by atoms with E-state index >= 15 is 0 Å². The molecule has 2 heterocycles. The molecule has 0 aliphatic heterocycles. The minimum atomic E-state index is 0.271. The van der Waals surface area contributed by atoms with Crippen molar-refractivity contribution < 1.29 is 9.47 Å². The molecule has 0 fully saturated rings. The van der Waals surface area contributed by atoms with E-state index in [4.69, 9.17) is 9.47 Å². The van der Waals surface area contributed by atoms with Gasteiger partial charge in [0.15, 0.2) is 5.69 Å². The van der Waals surface area contributed by atoms with Crippen LogP contribution in [-0.4, -0.2) is 29.2 Å². The third-order valence-corrected chi connectivity index (χ3v) is 4.02. The van der Waals surface area contributed by atoms with Crippen LogP contribution in [0.5, 0.6) is 11.5 Å². The Labute approximate surface area is 131 Å². The van der Waals surface area contributed by atoms with Gasteiger partial charge in [0.05, 0.1) is 19.1 Å². The summed E-state index contributed by atoms with van der Waals surface area (Å²) in [4.78, 5) is 0.909. The maximum atomic E-state index is 9.29. The van der Waals surface area contributed by atoms with Gasteiger partial charge in [-0.3, -0.25) is 0 Å². The number of aromatic nitrogens is 3. The Morgan fingerprint density at radius 1 is 1.23 bits per heavy atom. The zero-order valence-corrected chi connectivity index (χ0v) is 12.8. The average molecular weight is 312 g/mol. The summed E-state index contributed by atoms with van der Waals surface area (Å²) in [7, 11) is 3.17. The number of benzene rings is 1. The standard InChI is InChI=1S/C15H12N4O2S/c1-20-10-5-6-13(21-2)12(8-10)19-15(11(9-16)17-18-19)14-4-3-7-22-14/h3-8H,1-2H3. The molecule has 7 heteroatoms. The van der Waals surface area contributed by atoms with Crippen molar-refractivity contribution in [2.75, 3.05) is 14.2 Å².